The van der Waals surface area contributed by atoms with Crippen molar-refractivity contribution in [1.29, 1.82) is 0 Å². The quantitative estimate of drug-likeness (QED) is 0.267. The Balaban J connectivity index is 1.85. The first-order chi connectivity index (χ1) is 12.7. The number of anilines is 1. The van der Waals surface area contributed by atoms with Gasteiger partial charge in [-0.15, -0.1) is 0 Å². The van der Waals surface area contributed by atoms with Crippen molar-refractivity contribution in [3.05, 3.63) is 58.9 Å². The summed E-state index contributed by atoms with van der Waals surface area (Å²) in [6, 6.07) is 4.94. The van der Waals surface area contributed by atoms with Crippen molar-refractivity contribution in [1.82, 2.24) is 0 Å². The molecule has 0 fully saturated rings. The number of rotatable bonds is 3. The van der Waals surface area contributed by atoms with E-state index in [4.69, 9.17) is 0 Å². The fourth-order valence-electron chi connectivity index (χ4n) is 2.32. The predicted octanol–water partition coefficient (Wildman–Crippen LogP) is 3.71. The fraction of sp³-hybridized carbons (Fsp3) is 0.118. The molecule has 10 heteroatoms. The van der Waals surface area contributed by atoms with Crippen LogP contribution in [-0.4, -0.2) is 17.6 Å². The molecule has 0 aliphatic carbocycles. The van der Waals surface area contributed by atoms with E-state index in [1.807, 2.05) is 0 Å². The second-order valence-corrected chi connectivity index (χ2v) is 5.55. The summed E-state index contributed by atoms with van der Waals surface area (Å²) in [5.41, 5.74) is 0.675. The Morgan fingerprint density at radius 2 is 1.48 bits per heavy atom. The minimum absolute atomic E-state index is 0.143. The van der Waals surface area contributed by atoms with Gasteiger partial charge in [0.15, 0.2) is 0 Å². The molecule has 1 aliphatic rings. The molecule has 27 heavy (non-hydrogen) atoms. The Labute approximate surface area is 148 Å². The first kappa shape index (κ1) is 18.5. The number of hydrazone groups is 1. The van der Waals surface area contributed by atoms with E-state index in [9.17, 15) is 31.5 Å². The molecular formula is C17H9F5N2O3. The van der Waals surface area contributed by atoms with E-state index in [0.717, 1.165) is 17.1 Å². The number of amides is 1. The van der Waals surface area contributed by atoms with E-state index in [-0.39, 0.29) is 17.9 Å². The first-order valence-corrected chi connectivity index (χ1v) is 7.41. The van der Waals surface area contributed by atoms with Gasteiger partial charge in [0.2, 0.25) is 34.8 Å². The summed E-state index contributed by atoms with van der Waals surface area (Å²) >= 11 is 0. The molecule has 2 aromatic rings. The third-order valence-electron chi connectivity index (χ3n) is 3.63. The molecular weight excluding hydrogens is 375 g/mol. The zero-order chi connectivity index (χ0) is 19.9. The zero-order valence-electron chi connectivity index (χ0n) is 13.5. The molecule has 0 radical (unpaired) electrons. The minimum atomic E-state index is -2.36. The van der Waals surface area contributed by atoms with E-state index < -0.39 is 40.8 Å². The van der Waals surface area contributed by atoms with E-state index in [1.165, 1.54) is 12.1 Å². The van der Waals surface area contributed by atoms with Crippen LogP contribution >= 0.6 is 0 Å². The molecule has 2 aromatic carbocycles. The van der Waals surface area contributed by atoms with Crippen molar-refractivity contribution in [2.24, 2.45) is 5.10 Å². The van der Waals surface area contributed by atoms with Crippen LogP contribution in [0.1, 0.15) is 23.7 Å². The largest absolute Gasteiger partial charge is 0.416 e. The van der Waals surface area contributed by atoms with Crippen molar-refractivity contribution >= 4 is 23.3 Å². The average molecular weight is 384 g/mol. The highest BCUT2D eigenvalue weighted by molar-refractivity contribution is 6.12. The van der Waals surface area contributed by atoms with Crippen molar-refractivity contribution < 1.29 is 36.3 Å². The molecule has 3 rings (SSSR count). The lowest BCUT2D eigenvalue weighted by Gasteiger charge is -2.12. The molecule has 0 saturated heterocycles. The molecule has 0 spiro atoms. The summed E-state index contributed by atoms with van der Waals surface area (Å²) in [7, 11) is 0. The van der Waals surface area contributed by atoms with E-state index in [2.05, 4.69) is 9.84 Å². The van der Waals surface area contributed by atoms with Crippen LogP contribution in [0.15, 0.2) is 29.4 Å². The maximum absolute atomic E-state index is 13.6. The summed E-state index contributed by atoms with van der Waals surface area (Å²) < 4.78 is 70.8. The SMILES string of the molecule is CC1=NN(c2ccc(C(=O)Oc3c(F)c(F)c(F)c(F)c3F)cc2)C(=O)C1. The summed E-state index contributed by atoms with van der Waals surface area (Å²) in [6.07, 6.45) is 0.143. The standard InChI is InChI=1S/C17H9F5N2O3/c1-7-6-10(25)24(23-7)9-4-2-8(3-5-9)17(26)27-16-14(21)12(19)11(18)13(20)15(16)22/h2-5H,6H2,1H3. The molecule has 140 valence electrons. The lowest BCUT2D eigenvalue weighted by Crippen LogP contribution is -2.19. The van der Waals surface area contributed by atoms with Gasteiger partial charge in [0, 0.05) is 5.71 Å². The molecule has 1 amide bonds. The van der Waals surface area contributed by atoms with Gasteiger partial charge in [-0.1, -0.05) is 0 Å². The second-order valence-electron chi connectivity index (χ2n) is 5.55. The van der Waals surface area contributed by atoms with Gasteiger partial charge in [0.1, 0.15) is 0 Å². The van der Waals surface area contributed by atoms with Crippen LogP contribution in [0.5, 0.6) is 5.75 Å². The van der Waals surface area contributed by atoms with Gasteiger partial charge < -0.3 is 4.74 Å². The van der Waals surface area contributed by atoms with E-state index in [1.54, 1.807) is 6.92 Å². The summed E-state index contributed by atoms with van der Waals surface area (Å²) in [6.45, 7) is 1.66. The maximum atomic E-state index is 13.6. The number of nitrogens with zero attached hydrogens (tertiary/aromatic N) is 2. The molecule has 1 heterocycles. The van der Waals surface area contributed by atoms with Gasteiger partial charge >= 0.3 is 5.97 Å². The molecule has 1 aliphatic heterocycles. The number of esters is 1. The number of carbonyl (C=O) groups is 2. The van der Waals surface area contributed by atoms with E-state index in [0.29, 0.717) is 11.4 Å². The molecule has 0 bridgehead atoms. The third-order valence-corrected chi connectivity index (χ3v) is 3.63. The normalized spacial score (nSPS) is 13.8. The van der Waals surface area contributed by atoms with Gasteiger partial charge in [-0.25, -0.2) is 23.0 Å². The lowest BCUT2D eigenvalue weighted by molar-refractivity contribution is -0.116. The minimum Gasteiger partial charge on any atom is -0.416 e. The Morgan fingerprint density at radius 3 is 1.96 bits per heavy atom. The Kier molecular flexibility index (Phi) is 4.64. The molecule has 0 N–H and O–H groups in total. The van der Waals surface area contributed by atoms with Gasteiger partial charge in [0.05, 0.1) is 17.7 Å². The number of hydrogen-bond acceptors (Lipinski definition) is 4. The van der Waals surface area contributed by atoms with Crippen LogP contribution in [0.2, 0.25) is 0 Å². The van der Waals surface area contributed by atoms with Gasteiger partial charge in [0.25, 0.3) is 5.91 Å². The highest BCUT2D eigenvalue weighted by Gasteiger charge is 2.29. The first-order valence-electron chi connectivity index (χ1n) is 7.41. The maximum Gasteiger partial charge on any atom is 0.343 e. The highest BCUT2D eigenvalue weighted by Crippen LogP contribution is 2.30. The number of halogens is 5. The number of benzene rings is 2. The Morgan fingerprint density at radius 1 is 0.963 bits per heavy atom. The second kappa shape index (κ2) is 6.78. The molecule has 0 atom stereocenters. The lowest BCUT2D eigenvalue weighted by atomic mass is 10.2. The topological polar surface area (TPSA) is 59.0 Å². The molecule has 0 unspecified atom stereocenters. The van der Waals surface area contributed by atoms with Gasteiger partial charge in [-0.3, -0.25) is 4.79 Å². The van der Waals surface area contributed by atoms with Crippen molar-refractivity contribution in [3.63, 3.8) is 0 Å². The van der Waals surface area contributed by atoms with Crippen LogP contribution in [0, 0.1) is 29.1 Å². The highest BCUT2D eigenvalue weighted by atomic mass is 19.2. The summed E-state index contributed by atoms with van der Waals surface area (Å²) in [5.74, 6) is -14.7. The monoisotopic (exact) mass is 384 g/mol. The van der Waals surface area contributed by atoms with Crippen LogP contribution < -0.4 is 9.75 Å². The van der Waals surface area contributed by atoms with E-state index >= 15 is 0 Å². The predicted molar refractivity (Wildman–Crippen MR) is 82.8 cm³/mol. The van der Waals surface area contributed by atoms with Crippen LogP contribution in [-0.2, 0) is 4.79 Å². The van der Waals surface area contributed by atoms with Crippen molar-refractivity contribution in [2.75, 3.05) is 5.01 Å². The number of carbonyl (C=O) groups excluding carboxylic acids is 2. The molecule has 0 aromatic heterocycles. The Bertz CT molecular complexity index is 960. The fourth-order valence-corrected chi connectivity index (χ4v) is 2.32. The summed E-state index contributed by atoms with van der Waals surface area (Å²) in [5, 5.41) is 5.10. The van der Waals surface area contributed by atoms with Crippen LogP contribution in [0.3, 0.4) is 0 Å². The van der Waals surface area contributed by atoms with Crippen LogP contribution in [0.25, 0.3) is 0 Å². The smallest absolute Gasteiger partial charge is 0.343 e. The Hall–Kier alpha value is -3.30. The van der Waals surface area contributed by atoms with Crippen molar-refractivity contribution in [2.45, 2.75) is 13.3 Å². The number of ether oxygens (including phenoxy) is 1. The van der Waals surface area contributed by atoms with Gasteiger partial charge in [-0.2, -0.15) is 13.9 Å². The van der Waals surface area contributed by atoms with Crippen molar-refractivity contribution in [3.8, 4) is 5.75 Å². The molecule has 5 nitrogen and oxygen atoms in total. The number of hydrogen-bond donors (Lipinski definition) is 0. The van der Waals surface area contributed by atoms with Crippen LogP contribution in [0.4, 0.5) is 27.6 Å². The third kappa shape index (κ3) is 3.25. The molecule has 0 saturated carbocycles. The summed E-state index contributed by atoms with van der Waals surface area (Å²) in [4.78, 5) is 23.7. The van der Waals surface area contributed by atoms with Gasteiger partial charge in [-0.05, 0) is 31.2 Å². The zero-order valence-corrected chi connectivity index (χ0v) is 13.5. The average Bonchev–Trinajstić information content (AvgIpc) is 3.00.